The van der Waals surface area contributed by atoms with E-state index in [4.69, 9.17) is 0 Å². The summed E-state index contributed by atoms with van der Waals surface area (Å²) in [4.78, 5) is 12.1. The summed E-state index contributed by atoms with van der Waals surface area (Å²) in [6.07, 6.45) is 3.04. The van der Waals surface area contributed by atoms with Crippen molar-refractivity contribution >= 4 is 21.6 Å². The number of hydrogen-bond donors (Lipinski definition) is 2. The lowest BCUT2D eigenvalue weighted by Crippen LogP contribution is -2.47. The van der Waals surface area contributed by atoms with Crippen molar-refractivity contribution in [3.05, 3.63) is 42.2 Å². The highest BCUT2D eigenvalue weighted by atomic mass is 32.2. The van der Waals surface area contributed by atoms with Crippen molar-refractivity contribution in [1.29, 1.82) is 0 Å². The van der Waals surface area contributed by atoms with Gasteiger partial charge in [0.25, 0.3) is 0 Å². The van der Waals surface area contributed by atoms with Gasteiger partial charge < -0.3 is 5.32 Å². The number of anilines is 1. The fourth-order valence-electron chi connectivity index (χ4n) is 2.36. The zero-order valence-corrected chi connectivity index (χ0v) is 12.8. The lowest BCUT2D eigenvalue weighted by Gasteiger charge is -2.24. The van der Waals surface area contributed by atoms with Gasteiger partial charge in [-0.05, 0) is 25.0 Å². The lowest BCUT2D eigenvalue weighted by atomic mass is 10.00. The van der Waals surface area contributed by atoms with Gasteiger partial charge in [-0.3, -0.25) is 9.48 Å². The Balaban J connectivity index is 1.82. The monoisotopic (exact) mass is 320 g/mol. The van der Waals surface area contributed by atoms with E-state index in [0.717, 1.165) is 11.3 Å². The Morgan fingerprint density at radius 1 is 1.41 bits per heavy atom. The highest BCUT2D eigenvalue weighted by molar-refractivity contribution is 7.89. The second-order valence-electron chi connectivity index (χ2n) is 5.06. The molecule has 0 saturated carbocycles. The van der Waals surface area contributed by atoms with E-state index < -0.39 is 16.1 Å². The van der Waals surface area contributed by atoms with Gasteiger partial charge in [-0.25, -0.2) is 8.42 Å². The Morgan fingerprint density at radius 2 is 2.18 bits per heavy atom. The SMILES string of the molecule is CCn1cc(S(=O)(=O)NC2Cc3ccccc3NC2=O)cn1. The Morgan fingerprint density at radius 3 is 2.91 bits per heavy atom. The molecule has 0 fully saturated rings. The number of rotatable bonds is 4. The number of amides is 1. The molecule has 0 saturated heterocycles. The molecule has 0 spiro atoms. The number of carbonyl (C=O) groups excluding carboxylic acids is 1. The molecule has 1 amide bonds. The molecule has 8 heteroatoms. The fourth-order valence-corrected chi connectivity index (χ4v) is 3.51. The summed E-state index contributed by atoms with van der Waals surface area (Å²) in [7, 11) is -3.78. The van der Waals surface area contributed by atoms with Gasteiger partial charge in [0.15, 0.2) is 0 Å². The number of sulfonamides is 1. The summed E-state index contributed by atoms with van der Waals surface area (Å²) in [6.45, 7) is 2.44. The standard InChI is InChI=1S/C14H16N4O3S/c1-2-18-9-11(8-15-18)22(20,21)17-13-7-10-5-3-4-6-12(10)16-14(13)19/h3-6,8-9,13,17H,2,7H2,1H3,(H,16,19). The van der Waals surface area contributed by atoms with E-state index in [1.54, 1.807) is 6.07 Å². The fraction of sp³-hybridized carbons (Fsp3) is 0.286. The highest BCUT2D eigenvalue weighted by Gasteiger charge is 2.30. The number of hydrogen-bond acceptors (Lipinski definition) is 4. The van der Waals surface area contributed by atoms with Gasteiger partial charge in [0.2, 0.25) is 15.9 Å². The number of aryl methyl sites for hydroxylation is 1. The molecule has 1 aliphatic heterocycles. The number of para-hydroxylation sites is 1. The largest absolute Gasteiger partial charge is 0.324 e. The van der Waals surface area contributed by atoms with Crippen LogP contribution in [-0.4, -0.2) is 30.1 Å². The van der Waals surface area contributed by atoms with E-state index in [9.17, 15) is 13.2 Å². The maximum atomic E-state index is 12.3. The predicted octanol–water partition coefficient (Wildman–Crippen LogP) is 0.745. The molecule has 1 unspecified atom stereocenters. The molecule has 116 valence electrons. The highest BCUT2D eigenvalue weighted by Crippen LogP contribution is 2.22. The third-order valence-corrected chi connectivity index (χ3v) is 4.98. The first-order valence-corrected chi connectivity index (χ1v) is 8.41. The summed E-state index contributed by atoms with van der Waals surface area (Å²) in [6, 6.07) is 6.51. The van der Waals surface area contributed by atoms with Gasteiger partial charge >= 0.3 is 0 Å². The van der Waals surface area contributed by atoms with Crippen molar-refractivity contribution in [2.45, 2.75) is 30.8 Å². The Hall–Kier alpha value is -2.19. The van der Waals surface area contributed by atoms with Crippen molar-refractivity contribution in [3.8, 4) is 0 Å². The number of nitrogens with zero attached hydrogens (tertiary/aromatic N) is 2. The van der Waals surface area contributed by atoms with E-state index in [1.165, 1.54) is 17.1 Å². The van der Waals surface area contributed by atoms with Crippen LogP contribution < -0.4 is 10.0 Å². The Kier molecular flexibility index (Phi) is 3.71. The Labute approximate surface area is 128 Å². The summed E-state index contributed by atoms with van der Waals surface area (Å²) in [5.41, 5.74) is 1.63. The second-order valence-corrected chi connectivity index (χ2v) is 6.77. The van der Waals surface area contributed by atoms with Crippen molar-refractivity contribution in [3.63, 3.8) is 0 Å². The number of carbonyl (C=O) groups is 1. The van der Waals surface area contributed by atoms with Gasteiger partial charge in [-0.15, -0.1) is 0 Å². The zero-order chi connectivity index (χ0) is 15.7. The van der Waals surface area contributed by atoms with Gasteiger partial charge in [-0.2, -0.15) is 9.82 Å². The molecule has 7 nitrogen and oxygen atoms in total. The van der Waals surface area contributed by atoms with Gasteiger partial charge in [0, 0.05) is 18.4 Å². The molecule has 1 aromatic heterocycles. The quantitative estimate of drug-likeness (QED) is 0.869. The van der Waals surface area contributed by atoms with Crippen LogP contribution in [0.1, 0.15) is 12.5 Å². The van der Waals surface area contributed by atoms with Crippen LogP contribution in [0.2, 0.25) is 0 Å². The van der Waals surface area contributed by atoms with E-state index in [0.29, 0.717) is 13.0 Å². The van der Waals surface area contributed by atoms with Crippen LogP contribution in [0.15, 0.2) is 41.6 Å². The molecule has 3 rings (SSSR count). The van der Waals surface area contributed by atoms with Crippen LogP contribution in [-0.2, 0) is 27.8 Å². The number of nitrogens with one attached hydrogen (secondary N) is 2. The number of aromatic nitrogens is 2. The number of benzene rings is 1. The summed E-state index contributed by atoms with van der Waals surface area (Å²) < 4.78 is 28.7. The Bertz CT molecular complexity index is 813. The van der Waals surface area contributed by atoms with Gasteiger partial charge in [0.05, 0.1) is 6.20 Å². The second kappa shape index (κ2) is 5.54. The van der Waals surface area contributed by atoms with Crippen molar-refractivity contribution in [2.75, 3.05) is 5.32 Å². The molecule has 22 heavy (non-hydrogen) atoms. The van der Waals surface area contributed by atoms with Crippen LogP contribution >= 0.6 is 0 Å². The van der Waals surface area contributed by atoms with E-state index in [-0.39, 0.29) is 10.8 Å². The van der Waals surface area contributed by atoms with Crippen molar-refractivity contribution < 1.29 is 13.2 Å². The van der Waals surface area contributed by atoms with Gasteiger partial charge in [0.1, 0.15) is 10.9 Å². The molecule has 0 bridgehead atoms. The summed E-state index contributed by atoms with van der Waals surface area (Å²) >= 11 is 0. The minimum atomic E-state index is -3.78. The van der Waals surface area contributed by atoms with Crippen LogP contribution in [0.4, 0.5) is 5.69 Å². The average Bonchev–Trinajstić information content (AvgIpc) is 2.98. The average molecular weight is 320 g/mol. The smallest absolute Gasteiger partial charge is 0.244 e. The molecule has 2 aromatic rings. The first-order chi connectivity index (χ1) is 10.5. The molecule has 1 atom stereocenters. The van der Waals surface area contributed by atoms with E-state index in [2.05, 4.69) is 15.1 Å². The van der Waals surface area contributed by atoms with E-state index >= 15 is 0 Å². The molecular weight excluding hydrogens is 304 g/mol. The molecule has 2 N–H and O–H groups in total. The maximum absolute atomic E-state index is 12.3. The first kappa shape index (κ1) is 14.7. The minimum absolute atomic E-state index is 0.0565. The van der Waals surface area contributed by atoms with E-state index in [1.807, 2.05) is 25.1 Å². The third-order valence-electron chi connectivity index (χ3n) is 3.56. The van der Waals surface area contributed by atoms with Crippen molar-refractivity contribution in [2.24, 2.45) is 0 Å². The summed E-state index contributed by atoms with van der Waals surface area (Å²) in [5.74, 6) is -0.356. The molecule has 0 aliphatic carbocycles. The topological polar surface area (TPSA) is 93.1 Å². The summed E-state index contributed by atoms with van der Waals surface area (Å²) in [5, 5.41) is 6.66. The molecule has 1 aromatic carbocycles. The van der Waals surface area contributed by atoms with Crippen LogP contribution in [0, 0.1) is 0 Å². The predicted molar refractivity (Wildman–Crippen MR) is 80.8 cm³/mol. The van der Waals surface area contributed by atoms with Crippen LogP contribution in [0.5, 0.6) is 0 Å². The third kappa shape index (κ3) is 2.75. The van der Waals surface area contributed by atoms with Crippen LogP contribution in [0.3, 0.4) is 0 Å². The molecular formula is C14H16N4O3S. The molecule has 2 heterocycles. The maximum Gasteiger partial charge on any atom is 0.244 e. The molecule has 1 aliphatic rings. The molecule has 0 radical (unpaired) electrons. The minimum Gasteiger partial charge on any atom is -0.324 e. The zero-order valence-electron chi connectivity index (χ0n) is 12.0. The lowest BCUT2D eigenvalue weighted by molar-refractivity contribution is -0.118. The van der Waals surface area contributed by atoms with Gasteiger partial charge in [-0.1, -0.05) is 18.2 Å². The number of fused-ring (bicyclic) bond motifs is 1. The van der Waals surface area contributed by atoms with Crippen molar-refractivity contribution in [1.82, 2.24) is 14.5 Å². The normalized spacial score (nSPS) is 17.9. The van der Waals surface area contributed by atoms with Crippen LogP contribution in [0.25, 0.3) is 0 Å². The first-order valence-electron chi connectivity index (χ1n) is 6.93.